The van der Waals surface area contributed by atoms with Crippen LogP contribution in [0.2, 0.25) is 0 Å². The summed E-state index contributed by atoms with van der Waals surface area (Å²) in [6, 6.07) is 9.71. The average Bonchev–Trinajstić information content (AvgIpc) is 2.34. The van der Waals surface area contributed by atoms with Crippen molar-refractivity contribution in [1.29, 1.82) is 0 Å². The molecule has 88 valence electrons. The zero-order valence-electron chi connectivity index (χ0n) is 9.60. The molecule has 0 spiro atoms. The van der Waals surface area contributed by atoms with E-state index in [1.54, 1.807) is 7.05 Å². The molecule has 1 atom stereocenters. The van der Waals surface area contributed by atoms with Crippen molar-refractivity contribution in [3.63, 3.8) is 0 Å². The van der Waals surface area contributed by atoms with E-state index in [-0.39, 0.29) is 5.97 Å². The summed E-state index contributed by atoms with van der Waals surface area (Å²) in [5, 5.41) is 2.89. The molecule has 0 aliphatic rings. The summed E-state index contributed by atoms with van der Waals surface area (Å²) in [4.78, 5) is 11.3. The van der Waals surface area contributed by atoms with Gasteiger partial charge in [-0.2, -0.15) is 0 Å². The van der Waals surface area contributed by atoms with E-state index in [1.807, 2.05) is 30.3 Å². The third kappa shape index (κ3) is 4.00. The van der Waals surface area contributed by atoms with Crippen LogP contribution in [0.4, 0.5) is 0 Å². The minimum absolute atomic E-state index is 0.356. The Morgan fingerprint density at radius 1 is 1.38 bits per heavy atom. The lowest BCUT2D eigenvalue weighted by atomic mass is 10.2. The number of rotatable bonds is 6. The summed E-state index contributed by atoms with van der Waals surface area (Å²) in [5.74, 6) is -0.356. The minimum Gasteiger partial charge on any atom is -0.467 e. The van der Waals surface area contributed by atoms with Crippen molar-refractivity contribution in [1.82, 2.24) is 5.32 Å². The molecule has 0 saturated carbocycles. The molecule has 0 aliphatic heterocycles. The SMILES string of the molecule is CNC[C@H](OCc1ccccc1)C(=O)OC. The Labute approximate surface area is 95.6 Å². The highest BCUT2D eigenvalue weighted by Gasteiger charge is 2.18. The second kappa shape index (κ2) is 6.98. The van der Waals surface area contributed by atoms with Gasteiger partial charge in [0, 0.05) is 6.54 Å². The van der Waals surface area contributed by atoms with Gasteiger partial charge in [0.2, 0.25) is 0 Å². The Morgan fingerprint density at radius 3 is 2.62 bits per heavy atom. The van der Waals surface area contributed by atoms with E-state index in [0.29, 0.717) is 13.2 Å². The number of methoxy groups -OCH3 is 1. The van der Waals surface area contributed by atoms with Crippen LogP contribution < -0.4 is 5.32 Å². The van der Waals surface area contributed by atoms with Crippen molar-refractivity contribution < 1.29 is 14.3 Å². The molecule has 0 saturated heterocycles. The minimum atomic E-state index is -0.560. The standard InChI is InChI=1S/C12H17NO3/c1-13-8-11(12(14)15-2)16-9-10-6-4-3-5-7-10/h3-7,11,13H,8-9H2,1-2H3/t11-/m0/s1. The number of carbonyl (C=O) groups excluding carboxylic acids is 1. The lowest BCUT2D eigenvalue weighted by Gasteiger charge is -2.15. The van der Waals surface area contributed by atoms with Gasteiger partial charge < -0.3 is 14.8 Å². The monoisotopic (exact) mass is 223 g/mol. The number of benzene rings is 1. The van der Waals surface area contributed by atoms with E-state index in [4.69, 9.17) is 4.74 Å². The highest BCUT2D eigenvalue weighted by atomic mass is 16.6. The molecule has 0 radical (unpaired) electrons. The van der Waals surface area contributed by atoms with Gasteiger partial charge in [-0.25, -0.2) is 4.79 Å². The molecule has 16 heavy (non-hydrogen) atoms. The van der Waals surface area contributed by atoms with Crippen molar-refractivity contribution in [2.75, 3.05) is 20.7 Å². The maximum atomic E-state index is 11.3. The van der Waals surface area contributed by atoms with Crippen molar-refractivity contribution in [3.05, 3.63) is 35.9 Å². The average molecular weight is 223 g/mol. The van der Waals surface area contributed by atoms with Crippen LogP contribution >= 0.6 is 0 Å². The molecular formula is C12H17NO3. The van der Waals surface area contributed by atoms with Gasteiger partial charge in [-0.15, -0.1) is 0 Å². The molecule has 0 bridgehead atoms. The molecule has 0 aromatic heterocycles. The lowest BCUT2D eigenvalue weighted by molar-refractivity contribution is -0.154. The number of likely N-dealkylation sites (N-methyl/N-ethyl adjacent to an activating group) is 1. The van der Waals surface area contributed by atoms with E-state index in [0.717, 1.165) is 5.56 Å². The zero-order chi connectivity index (χ0) is 11.8. The molecule has 0 heterocycles. The summed E-state index contributed by atoms with van der Waals surface area (Å²) in [6.45, 7) is 0.849. The second-order valence-corrected chi connectivity index (χ2v) is 3.37. The molecular weight excluding hydrogens is 206 g/mol. The first-order valence-electron chi connectivity index (χ1n) is 5.16. The van der Waals surface area contributed by atoms with Crippen LogP contribution in [0, 0.1) is 0 Å². The number of nitrogens with one attached hydrogen (secondary N) is 1. The molecule has 4 nitrogen and oxygen atoms in total. The molecule has 4 heteroatoms. The fourth-order valence-electron chi connectivity index (χ4n) is 1.30. The number of ether oxygens (including phenoxy) is 2. The summed E-state index contributed by atoms with van der Waals surface area (Å²) < 4.78 is 10.1. The predicted octanol–water partition coefficient (Wildman–Crippen LogP) is 0.964. The summed E-state index contributed by atoms with van der Waals surface area (Å²) in [5.41, 5.74) is 1.03. The summed E-state index contributed by atoms with van der Waals surface area (Å²) >= 11 is 0. The number of carbonyl (C=O) groups is 1. The largest absolute Gasteiger partial charge is 0.467 e. The van der Waals surface area contributed by atoms with Gasteiger partial charge in [-0.1, -0.05) is 30.3 Å². The van der Waals surface area contributed by atoms with Crippen LogP contribution in [0.1, 0.15) is 5.56 Å². The first kappa shape index (κ1) is 12.7. The van der Waals surface area contributed by atoms with Crippen LogP contribution in [-0.2, 0) is 20.9 Å². The highest BCUT2D eigenvalue weighted by molar-refractivity contribution is 5.74. The molecule has 1 N–H and O–H groups in total. The molecule has 1 rings (SSSR count). The third-order valence-electron chi connectivity index (χ3n) is 2.15. The number of esters is 1. The first-order valence-corrected chi connectivity index (χ1v) is 5.16. The van der Waals surface area contributed by atoms with Crippen molar-refractivity contribution in [2.45, 2.75) is 12.7 Å². The lowest BCUT2D eigenvalue weighted by Crippen LogP contribution is -2.34. The Hall–Kier alpha value is -1.39. The van der Waals surface area contributed by atoms with Crippen molar-refractivity contribution in [2.24, 2.45) is 0 Å². The van der Waals surface area contributed by atoms with E-state index >= 15 is 0 Å². The topological polar surface area (TPSA) is 47.6 Å². The predicted molar refractivity (Wildman–Crippen MR) is 61.0 cm³/mol. The van der Waals surface area contributed by atoms with Crippen LogP contribution in [0.5, 0.6) is 0 Å². The normalized spacial score (nSPS) is 12.1. The Bertz CT molecular complexity index is 313. The van der Waals surface area contributed by atoms with Gasteiger partial charge in [0.1, 0.15) is 0 Å². The fourth-order valence-corrected chi connectivity index (χ4v) is 1.30. The second-order valence-electron chi connectivity index (χ2n) is 3.37. The molecule has 0 aliphatic carbocycles. The number of hydrogen-bond donors (Lipinski definition) is 1. The van der Waals surface area contributed by atoms with E-state index in [9.17, 15) is 4.79 Å². The van der Waals surface area contributed by atoms with E-state index in [1.165, 1.54) is 7.11 Å². The molecule has 0 unspecified atom stereocenters. The van der Waals surface area contributed by atoms with Gasteiger partial charge >= 0.3 is 5.97 Å². The molecule has 0 fully saturated rings. The van der Waals surface area contributed by atoms with Crippen LogP contribution in [0.3, 0.4) is 0 Å². The van der Waals surface area contributed by atoms with Gasteiger partial charge in [0.05, 0.1) is 13.7 Å². The Kier molecular flexibility index (Phi) is 5.53. The summed E-state index contributed by atoms with van der Waals surface area (Å²) in [6.07, 6.45) is -0.560. The van der Waals surface area contributed by atoms with Gasteiger partial charge in [0.25, 0.3) is 0 Å². The first-order chi connectivity index (χ1) is 7.77. The maximum absolute atomic E-state index is 11.3. The highest BCUT2D eigenvalue weighted by Crippen LogP contribution is 2.04. The quantitative estimate of drug-likeness (QED) is 0.730. The molecule has 1 aromatic carbocycles. The Balaban J connectivity index is 2.47. The van der Waals surface area contributed by atoms with Gasteiger partial charge in [0.15, 0.2) is 6.10 Å². The fraction of sp³-hybridized carbons (Fsp3) is 0.417. The smallest absolute Gasteiger partial charge is 0.336 e. The van der Waals surface area contributed by atoms with E-state index < -0.39 is 6.10 Å². The van der Waals surface area contributed by atoms with Crippen molar-refractivity contribution in [3.8, 4) is 0 Å². The van der Waals surface area contributed by atoms with Crippen LogP contribution in [0.25, 0.3) is 0 Å². The van der Waals surface area contributed by atoms with Gasteiger partial charge in [-0.3, -0.25) is 0 Å². The Morgan fingerprint density at radius 2 is 2.06 bits per heavy atom. The summed E-state index contributed by atoms with van der Waals surface area (Å²) in [7, 11) is 3.12. The van der Waals surface area contributed by atoms with Crippen LogP contribution in [-0.4, -0.2) is 32.8 Å². The molecule has 0 amide bonds. The van der Waals surface area contributed by atoms with E-state index in [2.05, 4.69) is 10.1 Å². The number of hydrogen-bond acceptors (Lipinski definition) is 4. The maximum Gasteiger partial charge on any atom is 0.336 e. The van der Waals surface area contributed by atoms with Crippen LogP contribution in [0.15, 0.2) is 30.3 Å². The van der Waals surface area contributed by atoms with Gasteiger partial charge in [-0.05, 0) is 12.6 Å². The zero-order valence-corrected chi connectivity index (χ0v) is 9.60. The van der Waals surface area contributed by atoms with Crippen molar-refractivity contribution >= 4 is 5.97 Å². The third-order valence-corrected chi connectivity index (χ3v) is 2.15. The molecule has 1 aromatic rings.